The van der Waals surface area contributed by atoms with Gasteiger partial charge in [0, 0.05) is 25.4 Å². The highest BCUT2D eigenvalue weighted by atomic mass is 16.5. The summed E-state index contributed by atoms with van der Waals surface area (Å²) in [7, 11) is 4.79. The molecule has 0 unspecified atom stereocenters. The summed E-state index contributed by atoms with van der Waals surface area (Å²) in [5, 5.41) is 7.21. The van der Waals surface area contributed by atoms with Crippen LogP contribution in [0.2, 0.25) is 0 Å². The number of methoxy groups -OCH3 is 3. The molecule has 0 radical (unpaired) electrons. The largest absolute Gasteiger partial charge is 0.493 e. The van der Waals surface area contributed by atoms with Gasteiger partial charge in [0.25, 0.3) is 0 Å². The Kier molecular flexibility index (Phi) is 6.03. The van der Waals surface area contributed by atoms with Crippen LogP contribution in [0.25, 0.3) is 11.1 Å². The minimum absolute atomic E-state index is 0.119. The lowest BCUT2D eigenvalue weighted by atomic mass is 10.0. The Morgan fingerprint density at radius 1 is 1.16 bits per heavy atom. The summed E-state index contributed by atoms with van der Waals surface area (Å²) in [6.45, 7) is 4.57. The molecule has 0 aliphatic heterocycles. The van der Waals surface area contributed by atoms with E-state index in [1.54, 1.807) is 32.2 Å². The van der Waals surface area contributed by atoms with Gasteiger partial charge < -0.3 is 19.5 Å². The molecule has 0 atom stereocenters. The van der Waals surface area contributed by atoms with Crippen molar-refractivity contribution in [3.05, 3.63) is 30.6 Å². The minimum Gasteiger partial charge on any atom is -0.493 e. The number of aromatic nitrogens is 2. The number of hydrogen-bond acceptors (Lipinski definition) is 5. The van der Waals surface area contributed by atoms with Gasteiger partial charge in [-0.05, 0) is 31.5 Å². The highest BCUT2D eigenvalue weighted by Crippen LogP contribution is 2.32. The van der Waals surface area contributed by atoms with Crippen LogP contribution in [0.1, 0.15) is 13.8 Å². The molecule has 1 aromatic carbocycles. The van der Waals surface area contributed by atoms with Gasteiger partial charge in [0.05, 0.1) is 27.0 Å². The Morgan fingerprint density at radius 2 is 1.88 bits per heavy atom. The van der Waals surface area contributed by atoms with Crippen LogP contribution in [0.15, 0.2) is 30.6 Å². The molecule has 7 nitrogen and oxygen atoms in total. The number of ether oxygens (including phenoxy) is 3. The van der Waals surface area contributed by atoms with Gasteiger partial charge in [-0.25, -0.2) is 0 Å². The van der Waals surface area contributed by atoms with Gasteiger partial charge in [-0.2, -0.15) is 5.10 Å². The summed E-state index contributed by atoms with van der Waals surface area (Å²) in [4.78, 5) is 12.4. The molecular weight excluding hydrogens is 322 g/mol. The molecule has 7 heteroatoms. The first-order valence-corrected chi connectivity index (χ1v) is 7.98. The fourth-order valence-corrected chi connectivity index (χ4v) is 2.38. The fraction of sp³-hybridized carbons (Fsp3) is 0.444. The second kappa shape index (κ2) is 8.02. The van der Waals surface area contributed by atoms with Crippen molar-refractivity contribution in [3.8, 4) is 22.6 Å². The van der Waals surface area contributed by atoms with E-state index in [-0.39, 0.29) is 5.91 Å². The van der Waals surface area contributed by atoms with Crippen molar-refractivity contribution in [2.45, 2.75) is 19.4 Å². The number of rotatable bonds is 8. The molecular formula is C18H25N3O4. The van der Waals surface area contributed by atoms with Crippen LogP contribution < -0.4 is 14.8 Å². The predicted molar refractivity (Wildman–Crippen MR) is 95.0 cm³/mol. The zero-order chi connectivity index (χ0) is 18.4. The Balaban J connectivity index is 2.22. The van der Waals surface area contributed by atoms with Crippen LogP contribution in [0, 0.1) is 0 Å². The van der Waals surface area contributed by atoms with E-state index >= 15 is 0 Å². The molecule has 1 heterocycles. The van der Waals surface area contributed by atoms with E-state index < -0.39 is 5.54 Å². The highest BCUT2D eigenvalue weighted by molar-refractivity contribution is 5.83. The van der Waals surface area contributed by atoms with Gasteiger partial charge in [-0.3, -0.25) is 9.48 Å². The van der Waals surface area contributed by atoms with E-state index in [0.717, 1.165) is 11.1 Å². The maximum absolute atomic E-state index is 12.4. The quantitative estimate of drug-likeness (QED) is 0.740. The number of amides is 1. The highest BCUT2D eigenvalue weighted by Gasteiger charge is 2.30. The van der Waals surface area contributed by atoms with E-state index in [9.17, 15) is 4.79 Å². The van der Waals surface area contributed by atoms with Crippen molar-refractivity contribution in [2.75, 3.05) is 34.5 Å². The van der Waals surface area contributed by atoms with Gasteiger partial charge in [0.2, 0.25) is 5.91 Å². The molecule has 1 aromatic heterocycles. The first-order valence-electron chi connectivity index (χ1n) is 7.98. The average molecular weight is 347 g/mol. The summed E-state index contributed by atoms with van der Waals surface area (Å²) in [6, 6.07) is 5.65. The summed E-state index contributed by atoms with van der Waals surface area (Å²) in [6.07, 6.45) is 3.57. The maximum atomic E-state index is 12.4. The molecule has 0 aliphatic carbocycles. The van der Waals surface area contributed by atoms with Gasteiger partial charge in [0.1, 0.15) is 5.54 Å². The van der Waals surface area contributed by atoms with E-state index in [4.69, 9.17) is 14.2 Å². The van der Waals surface area contributed by atoms with Crippen LogP contribution in [0.5, 0.6) is 11.5 Å². The standard InChI is InChI=1S/C18H25N3O4/c1-18(2,17(22)19-8-9-23-3)21-12-14(11-20-21)13-6-7-15(24-4)16(10-13)25-5/h6-7,10-12H,8-9H2,1-5H3,(H,19,22). The van der Waals surface area contributed by atoms with Gasteiger partial charge >= 0.3 is 0 Å². The van der Waals surface area contributed by atoms with Crippen molar-refractivity contribution < 1.29 is 19.0 Å². The topological polar surface area (TPSA) is 74.6 Å². The smallest absolute Gasteiger partial charge is 0.247 e. The number of hydrogen-bond donors (Lipinski definition) is 1. The number of benzene rings is 1. The molecule has 136 valence electrons. The van der Waals surface area contributed by atoms with E-state index in [2.05, 4.69) is 10.4 Å². The molecule has 0 saturated heterocycles. The molecule has 0 aliphatic rings. The second-order valence-corrected chi connectivity index (χ2v) is 6.05. The number of carbonyl (C=O) groups is 1. The number of nitrogens with one attached hydrogen (secondary N) is 1. The molecule has 1 amide bonds. The lowest BCUT2D eigenvalue weighted by Crippen LogP contribution is -2.45. The average Bonchev–Trinajstić information content (AvgIpc) is 3.12. The van der Waals surface area contributed by atoms with Crippen LogP contribution in [-0.2, 0) is 15.1 Å². The molecule has 2 rings (SSSR count). The minimum atomic E-state index is -0.817. The number of nitrogens with zero attached hydrogens (tertiary/aromatic N) is 2. The fourth-order valence-electron chi connectivity index (χ4n) is 2.38. The van der Waals surface area contributed by atoms with Crippen LogP contribution in [0.4, 0.5) is 0 Å². The Labute approximate surface area is 147 Å². The molecule has 0 fully saturated rings. The summed E-state index contributed by atoms with van der Waals surface area (Å²) >= 11 is 0. The lowest BCUT2D eigenvalue weighted by Gasteiger charge is -2.24. The summed E-state index contributed by atoms with van der Waals surface area (Å²) < 4.78 is 17.2. The van der Waals surface area contributed by atoms with Crippen molar-refractivity contribution in [2.24, 2.45) is 0 Å². The molecule has 0 saturated carbocycles. The van der Waals surface area contributed by atoms with E-state index in [0.29, 0.717) is 24.7 Å². The van der Waals surface area contributed by atoms with E-state index in [1.807, 2.05) is 38.2 Å². The monoisotopic (exact) mass is 347 g/mol. The van der Waals surface area contributed by atoms with Crippen molar-refractivity contribution in [1.82, 2.24) is 15.1 Å². The van der Waals surface area contributed by atoms with Crippen molar-refractivity contribution in [1.29, 1.82) is 0 Å². The van der Waals surface area contributed by atoms with Gasteiger partial charge in [-0.15, -0.1) is 0 Å². The van der Waals surface area contributed by atoms with Crippen LogP contribution in [-0.4, -0.2) is 50.2 Å². The lowest BCUT2D eigenvalue weighted by molar-refractivity contribution is -0.129. The Hall–Kier alpha value is -2.54. The van der Waals surface area contributed by atoms with Crippen molar-refractivity contribution in [3.63, 3.8) is 0 Å². The zero-order valence-electron chi connectivity index (χ0n) is 15.3. The summed E-state index contributed by atoms with van der Waals surface area (Å²) in [5.41, 5.74) is 1.00. The third kappa shape index (κ3) is 4.11. The van der Waals surface area contributed by atoms with Crippen LogP contribution in [0.3, 0.4) is 0 Å². The Bertz CT molecular complexity index is 725. The van der Waals surface area contributed by atoms with Crippen molar-refractivity contribution >= 4 is 5.91 Å². The summed E-state index contributed by atoms with van der Waals surface area (Å²) in [5.74, 6) is 1.19. The van der Waals surface area contributed by atoms with E-state index in [1.165, 1.54) is 0 Å². The van der Waals surface area contributed by atoms with Gasteiger partial charge in [0.15, 0.2) is 11.5 Å². The third-order valence-corrected chi connectivity index (χ3v) is 4.02. The van der Waals surface area contributed by atoms with Crippen LogP contribution >= 0.6 is 0 Å². The first-order chi connectivity index (χ1) is 11.9. The molecule has 25 heavy (non-hydrogen) atoms. The maximum Gasteiger partial charge on any atom is 0.247 e. The first kappa shape index (κ1) is 18.8. The SMILES string of the molecule is COCCNC(=O)C(C)(C)n1cc(-c2ccc(OC)c(OC)c2)cn1. The Morgan fingerprint density at radius 3 is 2.52 bits per heavy atom. The molecule has 2 aromatic rings. The molecule has 0 spiro atoms. The molecule has 0 bridgehead atoms. The zero-order valence-corrected chi connectivity index (χ0v) is 15.3. The second-order valence-electron chi connectivity index (χ2n) is 6.05. The predicted octanol–water partition coefficient (Wildman–Crippen LogP) is 2.06. The number of carbonyl (C=O) groups excluding carboxylic acids is 1. The third-order valence-electron chi connectivity index (χ3n) is 4.02. The molecule has 1 N–H and O–H groups in total. The normalized spacial score (nSPS) is 11.2. The van der Waals surface area contributed by atoms with Gasteiger partial charge in [-0.1, -0.05) is 6.07 Å².